The second-order valence-electron chi connectivity index (χ2n) is 7.05. The van der Waals surface area contributed by atoms with E-state index in [0.717, 1.165) is 38.4 Å². The number of hydrogen-bond acceptors (Lipinski definition) is 6. The zero-order chi connectivity index (χ0) is 21.9. The monoisotopic (exact) mass is 424 g/mol. The largest absolute Gasteiger partial charge is 0.493 e. The maximum atomic E-state index is 12.1. The minimum absolute atomic E-state index is 0.355. The number of rotatable bonds is 9. The van der Waals surface area contributed by atoms with Crippen molar-refractivity contribution >= 4 is 23.6 Å². The van der Waals surface area contributed by atoms with E-state index in [-0.39, 0.29) is 6.61 Å². The van der Waals surface area contributed by atoms with Gasteiger partial charge in [-0.25, -0.2) is 4.79 Å². The van der Waals surface area contributed by atoms with Crippen LogP contribution in [0.5, 0.6) is 5.75 Å². The third-order valence-corrected chi connectivity index (χ3v) is 4.71. The van der Waals surface area contributed by atoms with Gasteiger partial charge in [-0.2, -0.15) is 0 Å². The SMILES string of the molecule is CCOc1ccccc1/C=C/C(=O)OCC(=O)Nc1ccc(CN2CCOCC2)cc1. The lowest BCUT2D eigenvalue weighted by atomic mass is 10.2. The van der Waals surface area contributed by atoms with E-state index in [1.165, 1.54) is 11.6 Å². The van der Waals surface area contributed by atoms with Gasteiger partial charge in [0.05, 0.1) is 19.8 Å². The van der Waals surface area contributed by atoms with Crippen molar-refractivity contribution in [2.45, 2.75) is 13.5 Å². The number of benzene rings is 2. The Morgan fingerprint density at radius 1 is 1.10 bits per heavy atom. The molecule has 1 aliphatic heterocycles. The summed E-state index contributed by atoms with van der Waals surface area (Å²) in [6.45, 7) is 6.31. The maximum Gasteiger partial charge on any atom is 0.331 e. The summed E-state index contributed by atoms with van der Waals surface area (Å²) < 4.78 is 15.9. The van der Waals surface area contributed by atoms with Crippen molar-refractivity contribution in [2.75, 3.05) is 44.8 Å². The molecular formula is C24H28N2O5. The Kier molecular flexibility index (Phi) is 8.63. The lowest BCUT2D eigenvalue weighted by Gasteiger charge is -2.26. The number of esters is 1. The minimum atomic E-state index is -0.595. The first kappa shape index (κ1) is 22.5. The number of hydrogen-bond donors (Lipinski definition) is 1. The van der Waals surface area contributed by atoms with Crippen molar-refractivity contribution in [3.63, 3.8) is 0 Å². The first-order valence-electron chi connectivity index (χ1n) is 10.4. The molecule has 2 aromatic rings. The molecule has 1 fully saturated rings. The van der Waals surface area contributed by atoms with Crippen LogP contribution in [-0.2, 0) is 25.6 Å². The smallest absolute Gasteiger partial charge is 0.331 e. The van der Waals surface area contributed by atoms with Crippen LogP contribution >= 0.6 is 0 Å². The zero-order valence-electron chi connectivity index (χ0n) is 17.7. The third-order valence-electron chi connectivity index (χ3n) is 4.71. The van der Waals surface area contributed by atoms with E-state index < -0.39 is 11.9 Å². The second-order valence-corrected chi connectivity index (χ2v) is 7.05. The van der Waals surface area contributed by atoms with E-state index >= 15 is 0 Å². The summed E-state index contributed by atoms with van der Waals surface area (Å²) in [5, 5.41) is 2.73. The molecule has 0 aliphatic carbocycles. The van der Waals surface area contributed by atoms with Gasteiger partial charge in [0.15, 0.2) is 6.61 Å². The predicted molar refractivity (Wildman–Crippen MR) is 119 cm³/mol. The number of anilines is 1. The lowest BCUT2D eigenvalue weighted by molar-refractivity contribution is -0.142. The molecule has 0 spiro atoms. The third kappa shape index (κ3) is 7.55. The number of nitrogens with zero attached hydrogens (tertiary/aromatic N) is 1. The Labute approximate surface area is 182 Å². The van der Waals surface area contributed by atoms with Crippen molar-refractivity contribution in [3.8, 4) is 5.75 Å². The number of ether oxygens (including phenoxy) is 3. The quantitative estimate of drug-likeness (QED) is 0.492. The van der Waals surface area contributed by atoms with Crippen molar-refractivity contribution in [2.24, 2.45) is 0 Å². The number of carbonyl (C=O) groups is 2. The molecule has 1 saturated heterocycles. The van der Waals surface area contributed by atoms with Gasteiger partial charge in [-0.05, 0) is 36.8 Å². The number of morpholine rings is 1. The van der Waals surface area contributed by atoms with Crippen molar-refractivity contribution in [1.82, 2.24) is 4.90 Å². The van der Waals surface area contributed by atoms with Gasteiger partial charge in [0.1, 0.15) is 5.75 Å². The summed E-state index contributed by atoms with van der Waals surface area (Å²) >= 11 is 0. The highest BCUT2D eigenvalue weighted by Crippen LogP contribution is 2.19. The molecule has 1 N–H and O–H groups in total. The highest BCUT2D eigenvalue weighted by Gasteiger charge is 2.11. The van der Waals surface area contributed by atoms with Gasteiger partial charge in [-0.1, -0.05) is 30.3 Å². The first-order valence-corrected chi connectivity index (χ1v) is 10.4. The van der Waals surface area contributed by atoms with E-state index in [0.29, 0.717) is 18.0 Å². The standard InChI is InChI=1S/C24H28N2O5/c1-2-30-22-6-4-3-5-20(22)9-12-24(28)31-18-23(27)25-21-10-7-19(8-11-21)17-26-13-15-29-16-14-26/h3-12H,2,13-18H2,1H3,(H,25,27)/b12-9+. The van der Waals surface area contributed by atoms with E-state index in [1.54, 1.807) is 6.08 Å². The Balaban J connectivity index is 1.42. The molecule has 0 saturated carbocycles. The molecular weight excluding hydrogens is 396 g/mol. The van der Waals surface area contributed by atoms with Crippen LogP contribution in [0.3, 0.4) is 0 Å². The molecule has 7 heteroatoms. The van der Waals surface area contributed by atoms with Crippen molar-refractivity contribution in [1.29, 1.82) is 0 Å². The lowest BCUT2D eigenvalue weighted by Crippen LogP contribution is -2.35. The van der Waals surface area contributed by atoms with Gasteiger partial charge in [0, 0.05) is 37.0 Å². The number of nitrogens with one attached hydrogen (secondary N) is 1. The fourth-order valence-electron chi connectivity index (χ4n) is 3.16. The van der Waals surface area contributed by atoms with E-state index in [2.05, 4.69) is 10.2 Å². The fourth-order valence-corrected chi connectivity index (χ4v) is 3.16. The molecule has 1 amide bonds. The van der Waals surface area contributed by atoms with Gasteiger partial charge >= 0.3 is 5.97 Å². The fraction of sp³-hybridized carbons (Fsp3) is 0.333. The van der Waals surface area contributed by atoms with Crippen LogP contribution in [0.4, 0.5) is 5.69 Å². The van der Waals surface area contributed by atoms with Gasteiger partial charge in [0.25, 0.3) is 5.91 Å². The van der Waals surface area contributed by atoms with Gasteiger partial charge < -0.3 is 19.5 Å². The van der Waals surface area contributed by atoms with Crippen LogP contribution < -0.4 is 10.1 Å². The highest BCUT2D eigenvalue weighted by atomic mass is 16.5. The molecule has 164 valence electrons. The molecule has 0 atom stereocenters. The molecule has 0 radical (unpaired) electrons. The van der Waals surface area contributed by atoms with Crippen molar-refractivity contribution in [3.05, 3.63) is 65.7 Å². The summed E-state index contributed by atoms with van der Waals surface area (Å²) in [6.07, 6.45) is 2.89. The van der Waals surface area contributed by atoms with Crippen LogP contribution in [-0.4, -0.2) is 56.3 Å². The summed E-state index contributed by atoms with van der Waals surface area (Å²) in [5.74, 6) is -0.302. The maximum absolute atomic E-state index is 12.1. The van der Waals surface area contributed by atoms with Crippen LogP contribution in [0.25, 0.3) is 6.08 Å². The average molecular weight is 424 g/mol. The van der Waals surface area contributed by atoms with Crippen LogP contribution in [0.15, 0.2) is 54.6 Å². The molecule has 7 nitrogen and oxygen atoms in total. The van der Waals surface area contributed by atoms with Crippen LogP contribution in [0, 0.1) is 0 Å². The normalized spacial score (nSPS) is 14.4. The highest BCUT2D eigenvalue weighted by molar-refractivity contribution is 5.94. The van der Waals surface area contributed by atoms with Crippen LogP contribution in [0.1, 0.15) is 18.1 Å². The summed E-state index contributed by atoms with van der Waals surface area (Å²) in [4.78, 5) is 26.3. The Morgan fingerprint density at radius 3 is 2.58 bits per heavy atom. The molecule has 2 aromatic carbocycles. The number of para-hydroxylation sites is 1. The van der Waals surface area contributed by atoms with E-state index in [4.69, 9.17) is 14.2 Å². The zero-order valence-corrected chi connectivity index (χ0v) is 17.7. The van der Waals surface area contributed by atoms with Gasteiger partial charge in [-0.3, -0.25) is 9.69 Å². The summed E-state index contributed by atoms with van der Waals surface area (Å²) in [5.41, 5.74) is 2.60. The first-order chi connectivity index (χ1) is 15.1. The molecule has 31 heavy (non-hydrogen) atoms. The summed E-state index contributed by atoms with van der Waals surface area (Å²) in [6, 6.07) is 15.0. The predicted octanol–water partition coefficient (Wildman–Crippen LogP) is 3.11. The van der Waals surface area contributed by atoms with Gasteiger partial charge in [0.2, 0.25) is 0 Å². The molecule has 0 aromatic heterocycles. The van der Waals surface area contributed by atoms with Gasteiger partial charge in [-0.15, -0.1) is 0 Å². The average Bonchev–Trinajstić information content (AvgIpc) is 2.79. The molecule has 3 rings (SSSR count). The Morgan fingerprint density at radius 2 is 1.84 bits per heavy atom. The molecule has 0 unspecified atom stereocenters. The second kappa shape index (κ2) is 11.9. The molecule has 1 aliphatic rings. The van der Waals surface area contributed by atoms with E-state index in [1.807, 2.05) is 55.5 Å². The minimum Gasteiger partial charge on any atom is -0.493 e. The Hall–Kier alpha value is -3.16. The molecule has 0 bridgehead atoms. The van der Waals surface area contributed by atoms with E-state index in [9.17, 15) is 9.59 Å². The van der Waals surface area contributed by atoms with Crippen LogP contribution in [0.2, 0.25) is 0 Å². The summed E-state index contributed by atoms with van der Waals surface area (Å²) in [7, 11) is 0. The number of carbonyl (C=O) groups excluding carboxylic acids is 2. The molecule has 1 heterocycles. The Bertz CT molecular complexity index is 889. The topological polar surface area (TPSA) is 77.1 Å². The van der Waals surface area contributed by atoms with Crippen molar-refractivity contribution < 1.29 is 23.8 Å². The number of amides is 1.